The van der Waals surface area contributed by atoms with E-state index >= 15 is 0 Å². The molecule has 9 nitrogen and oxygen atoms in total. The first kappa shape index (κ1) is 14.1. The van der Waals surface area contributed by atoms with E-state index in [1.54, 1.807) is 24.3 Å². The summed E-state index contributed by atoms with van der Waals surface area (Å²) in [5.41, 5.74) is 0.780. The lowest BCUT2D eigenvalue weighted by Crippen LogP contribution is -2.17. The second-order valence-corrected chi connectivity index (χ2v) is 4.67. The van der Waals surface area contributed by atoms with Gasteiger partial charge in [-0.25, -0.2) is 4.99 Å². The van der Waals surface area contributed by atoms with Crippen LogP contribution in [0.4, 0.5) is 5.95 Å². The molecule has 0 saturated heterocycles. The molecule has 0 aliphatic heterocycles. The summed E-state index contributed by atoms with van der Waals surface area (Å²) in [6.07, 6.45) is 0.386. The highest BCUT2D eigenvalue weighted by atomic mass is 35.5. The Morgan fingerprint density at radius 2 is 2.14 bits per heavy atom. The molecule has 0 saturated carbocycles. The predicted octanol–water partition coefficient (Wildman–Crippen LogP) is 0.926. The van der Waals surface area contributed by atoms with Gasteiger partial charge in [0.25, 0.3) is 5.95 Å². The maximum absolute atomic E-state index is 11.6. The molecule has 0 radical (unpaired) electrons. The number of H-pyrrole nitrogens is 1. The van der Waals surface area contributed by atoms with Crippen molar-refractivity contribution in [3.63, 3.8) is 0 Å². The Morgan fingerprint density at radius 1 is 1.32 bits per heavy atom. The van der Waals surface area contributed by atoms with E-state index in [1.807, 2.05) is 0 Å². The van der Waals surface area contributed by atoms with Crippen LogP contribution in [0.2, 0.25) is 5.02 Å². The van der Waals surface area contributed by atoms with Gasteiger partial charge in [0, 0.05) is 17.0 Å². The van der Waals surface area contributed by atoms with Crippen LogP contribution in [-0.4, -0.2) is 36.7 Å². The van der Waals surface area contributed by atoms with Crippen molar-refractivity contribution in [3.05, 3.63) is 35.2 Å². The Hall–Kier alpha value is -2.81. The molecular weight excluding hydrogens is 310 g/mol. The van der Waals surface area contributed by atoms with E-state index in [2.05, 4.69) is 35.8 Å². The number of aromatic nitrogens is 6. The molecule has 3 aromatic rings. The zero-order valence-corrected chi connectivity index (χ0v) is 11.9. The van der Waals surface area contributed by atoms with Crippen molar-refractivity contribution in [1.82, 2.24) is 30.8 Å². The van der Waals surface area contributed by atoms with Crippen LogP contribution >= 0.6 is 11.6 Å². The molecule has 1 aromatic carbocycles. The summed E-state index contributed by atoms with van der Waals surface area (Å²) < 4.78 is 5.10. The number of benzene rings is 1. The molecule has 0 unspecified atom stereocenters. The first-order valence-corrected chi connectivity index (χ1v) is 6.65. The molecule has 10 heteroatoms. The molecule has 2 heterocycles. The first-order chi connectivity index (χ1) is 10.7. The van der Waals surface area contributed by atoms with Crippen LogP contribution in [0, 0.1) is 0 Å². The summed E-state index contributed by atoms with van der Waals surface area (Å²) in [5.74, 6) is 0.390. The van der Waals surface area contributed by atoms with Gasteiger partial charge in [-0.3, -0.25) is 0 Å². The number of nitrogens with zero attached hydrogens (tertiary/aromatic N) is 6. The number of hydrogen-bond acceptors (Lipinski definition) is 8. The zero-order chi connectivity index (χ0) is 15.4. The lowest BCUT2D eigenvalue weighted by Gasteiger charge is -2.05. The molecule has 0 spiro atoms. The average Bonchev–Trinajstić information content (AvgIpc) is 3.17. The fourth-order valence-electron chi connectivity index (χ4n) is 1.66. The number of rotatable bonds is 5. The molecule has 112 valence electrons. The Balaban J connectivity index is 1.63. The molecule has 0 aliphatic rings. The summed E-state index contributed by atoms with van der Waals surface area (Å²) >= 11 is 5.82. The number of aliphatic imine (C=N–C) groups is 1. The van der Waals surface area contributed by atoms with Crippen LogP contribution in [0.25, 0.3) is 11.4 Å². The van der Waals surface area contributed by atoms with E-state index in [0.717, 1.165) is 5.56 Å². The van der Waals surface area contributed by atoms with Crippen LogP contribution in [0.1, 0.15) is 12.3 Å². The monoisotopic (exact) mass is 318 g/mol. The van der Waals surface area contributed by atoms with Crippen molar-refractivity contribution in [2.24, 2.45) is 4.99 Å². The standard InChI is InChI=1S/C12H10ClN7O2/c13-8-3-1-7(2-4-8)11-15-10(22-18-11)6-5-9(21)14-12-16-19-20-17-12/h1-4H,5-6H2,(H2,14,16,17,19,20,21)/p-1. The van der Waals surface area contributed by atoms with Gasteiger partial charge in [-0.2, -0.15) is 10.2 Å². The second-order valence-electron chi connectivity index (χ2n) is 4.24. The second kappa shape index (κ2) is 6.31. The maximum atomic E-state index is 11.6. The quantitative estimate of drug-likeness (QED) is 0.547. The van der Waals surface area contributed by atoms with E-state index < -0.39 is 5.90 Å². The van der Waals surface area contributed by atoms with Gasteiger partial charge in [0.15, 0.2) is 0 Å². The van der Waals surface area contributed by atoms with Gasteiger partial charge in [0.05, 0.1) is 0 Å². The molecule has 22 heavy (non-hydrogen) atoms. The highest BCUT2D eigenvalue weighted by molar-refractivity contribution is 6.30. The van der Waals surface area contributed by atoms with Gasteiger partial charge in [0.2, 0.25) is 11.7 Å². The minimum Gasteiger partial charge on any atom is -0.862 e. The van der Waals surface area contributed by atoms with Gasteiger partial charge >= 0.3 is 0 Å². The Bertz CT molecular complexity index is 767. The molecule has 0 fully saturated rings. The predicted molar refractivity (Wildman–Crippen MR) is 74.3 cm³/mol. The normalized spacial score (nSPS) is 11.8. The summed E-state index contributed by atoms with van der Waals surface area (Å²) in [5, 5.41) is 28.7. The molecular formula is C12H9ClN7O2-. The summed E-state index contributed by atoms with van der Waals surface area (Å²) in [7, 11) is 0. The van der Waals surface area contributed by atoms with E-state index in [4.69, 9.17) is 16.1 Å². The van der Waals surface area contributed by atoms with Crippen molar-refractivity contribution >= 4 is 23.4 Å². The summed E-state index contributed by atoms with van der Waals surface area (Å²) in [6, 6.07) is 7.04. The molecule has 0 amide bonds. The van der Waals surface area contributed by atoms with Crippen LogP contribution in [0.5, 0.6) is 0 Å². The lowest BCUT2D eigenvalue weighted by molar-refractivity contribution is -0.218. The van der Waals surface area contributed by atoms with E-state index in [9.17, 15) is 5.11 Å². The third-order valence-electron chi connectivity index (χ3n) is 2.68. The van der Waals surface area contributed by atoms with E-state index in [-0.39, 0.29) is 18.8 Å². The topological polar surface area (TPSA) is 129 Å². The van der Waals surface area contributed by atoms with Crippen LogP contribution in [0.3, 0.4) is 0 Å². The molecule has 2 aromatic heterocycles. The smallest absolute Gasteiger partial charge is 0.287 e. The zero-order valence-electron chi connectivity index (χ0n) is 11.1. The number of tetrazole rings is 1. The van der Waals surface area contributed by atoms with Crippen molar-refractivity contribution < 1.29 is 9.63 Å². The van der Waals surface area contributed by atoms with Gasteiger partial charge in [0.1, 0.15) is 0 Å². The lowest BCUT2D eigenvalue weighted by atomic mass is 10.2. The van der Waals surface area contributed by atoms with Gasteiger partial charge in [-0.05, 0) is 41.8 Å². The molecule has 0 bridgehead atoms. The largest absolute Gasteiger partial charge is 0.862 e. The number of aryl methyl sites for hydroxylation is 1. The molecule has 0 aliphatic carbocycles. The van der Waals surface area contributed by atoms with E-state index in [0.29, 0.717) is 16.7 Å². The van der Waals surface area contributed by atoms with Gasteiger partial charge < -0.3 is 9.63 Å². The fraction of sp³-hybridized carbons (Fsp3) is 0.167. The number of halogens is 1. The van der Waals surface area contributed by atoms with Crippen LogP contribution in [-0.2, 0) is 6.42 Å². The van der Waals surface area contributed by atoms with Crippen molar-refractivity contribution in [2.75, 3.05) is 0 Å². The maximum Gasteiger partial charge on any atom is 0.287 e. The van der Waals surface area contributed by atoms with Crippen molar-refractivity contribution in [3.8, 4) is 11.4 Å². The number of hydrogen-bond donors (Lipinski definition) is 1. The molecule has 3 rings (SSSR count). The van der Waals surface area contributed by atoms with E-state index in [1.165, 1.54) is 0 Å². The Kier molecular flexibility index (Phi) is 4.05. The SMILES string of the molecule is [O-]C(CCc1nc(-c2ccc(Cl)cc2)no1)=Nc1nn[nH]n1. The minimum absolute atomic E-state index is 0.00242. The highest BCUT2D eigenvalue weighted by Gasteiger charge is 2.08. The Labute approximate surface area is 129 Å². The highest BCUT2D eigenvalue weighted by Crippen LogP contribution is 2.19. The fourth-order valence-corrected chi connectivity index (χ4v) is 1.78. The molecule has 1 N–H and O–H groups in total. The average molecular weight is 319 g/mol. The van der Waals surface area contributed by atoms with Crippen LogP contribution < -0.4 is 5.11 Å². The summed E-state index contributed by atoms with van der Waals surface area (Å²) in [4.78, 5) is 7.86. The number of aromatic amines is 1. The third kappa shape index (κ3) is 3.44. The molecule has 0 atom stereocenters. The Morgan fingerprint density at radius 3 is 2.86 bits per heavy atom. The van der Waals surface area contributed by atoms with Crippen molar-refractivity contribution in [2.45, 2.75) is 12.8 Å². The van der Waals surface area contributed by atoms with Crippen molar-refractivity contribution in [1.29, 1.82) is 0 Å². The summed E-state index contributed by atoms with van der Waals surface area (Å²) in [6.45, 7) is 0. The third-order valence-corrected chi connectivity index (χ3v) is 2.93. The first-order valence-electron chi connectivity index (χ1n) is 6.27. The minimum atomic E-state index is -0.396. The van der Waals surface area contributed by atoms with Crippen LogP contribution in [0.15, 0.2) is 33.8 Å². The van der Waals surface area contributed by atoms with Gasteiger partial charge in [-0.15, -0.1) is 5.10 Å². The number of nitrogens with one attached hydrogen (secondary N) is 1. The van der Waals surface area contributed by atoms with Gasteiger partial charge in [-0.1, -0.05) is 21.9 Å².